The van der Waals surface area contributed by atoms with Crippen LogP contribution in [0.2, 0.25) is 5.02 Å². The first-order valence-corrected chi connectivity index (χ1v) is 10.7. The lowest BCUT2D eigenvalue weighted by atomic mass is 9.77. The van der Waals surface area contributed by atoms with E-state index in [1.54, 1.807) is 18.3 Å². The summed E-state index contributed by atoms with van der Waals surface area (Å²) in [5, 5.41) is 19.5. The van der Waals surface area contributed by atoms with E-state index in [-0.39, 0.29) is 12.6 Å². The predicted octanol–water partition coefficient (Wildman–Crippen LogP) is 4.92. The van der Waals surface area contributed by atoms with Crippen LogP contribution in [0.5, 0.6) is 11.5 Å². The van der Waals surface area contributed by atoms with Gasteiger partial charge < -0.3 is 9.47 Å². The Morgan fingerprint density at radius 1 is 1.21 bits per heavy atom. The van der Waals surface area contributed by atoms with Crippen LogP contribution in [0.3, 0.4) is 0 Å². The highest BCUT2D eigenvalue weighted by molar-refractivity contribution is 7.74. The number of hydroxylamine groups is 1. The number of halogens is 1. The summed E-state index contributed by atoms with van der Waals surface area (Å²) < 4.78 is 10.3. The quantitative estimate of drug-likeness (QED) is 0.236. The molecule has 0 bridgehead atoms. The molecular formula is C23H25ClN5O3S+. The lowest BCUT2D eigenvalue weighted by Gasteiger charge is -2.27. The molecule has 0 aliphatic carbocycles. The van der Waals surface area contributed by atoms with Crippen molar-refractivity contribution in [2.24, 2.45) is 0 Å². The average molecular weight is 487 g/mol. The molecule has 10 heteroatoms. The molecule has 0 radical (unpaired) electrons. The van der Waals surface area contributed by atoms with Gasteiger partial charge in [0.15, 0.2) is 5.75 Å². The minimum atomic E-state index is -0.795. The largest absolute Gasteiger partial charge is 0.494 e. The number of quaternary nitrogens is 1. The Kier molecular flexibility index (Phi) is 7.34. The standard InChI is InChI=1S/C23H25ClN5O3S/c1-23(2,17-11-15(13-25)21(31-4)20(24)12-17)16-5-7-19(8-6-16)32-14-18-9-10-26-22(27-18)28-29(3,30)33/h5-12,30,33H,14H2,1-4H3,(H,26,27,28)/q+1. The minimum Gasteiger partial charge on any atom is -0.494 e. The number of rotatable bonds is 8. The van der Waals surface area contributed by atoms with Gasteiger partial charge in [-0.25, -0.2) is 9.97 Å². The number of ether oxygens (including phenoxy) is 2. The van der Waals surface area contributed by atoms with Crippen LogP contribution in [0, 0.1) is 11.3 Å². The van der Waals surface area contributed by atoms with E-state index in [0.717, 1.165) is 11.1 Å². The first kappa shape index (κ1) is 24.6. The van der Waals surface area contributed by atoms with Crippen molar-refractivity contribution in [2.45, 2.75) is 25.9 Å². The molecule has 1 aromatic heterocycles. The summed E-state index contributed by atoms with van der Waals surface area (Å²) in [5.74, 6) is 1.27. The zero-order valence-electron chi connectivity index (χ0n) is 18.7. The summed E-state index contributed by atoms with van der Waals surface area (Å²) in [4.78, 5) is 8.32. The number of aromatic nitrogens is 2. The zero-order chi connectivity index (χ0) is 24.2. The van der Waals surface area contributed by atoms with E-state index in [1.165, 1.54) is 14.2 Å². The molecule has 33 heavy (non-hydrogen) atoms. The van der Waals surface area contributed by atoms with Gasteiger partial charge in [-0.3, -0.25) is 0 Å². The lowest BCUT2D eigenvalue weighted by Crippen LogP contribution is -2.36. The molecule has 3 aromatic rings. The predicted molar refractivity (Wildman–Crippen MR) is 128 cm³/mol. The minimum absolute atomic E-state index is 0.223. The third-order valence-electron chi connectivity index (χ3n) is 5.08. The number of thiol groups is 1. The van der Waals surface area contributed by atoms with E-state index in [0.29, 0.717) is 27.8 Å². The Bertz CT molecular complexity index is 1170. The van der Waals surface area contributed by atoms with E-state index in [9.17, 15) is 10.5 Å². The van der Waals surface area contributed by atoms with Crippen molar-refractivity contribution >= 4 is 30.4 Å². The highest BCUT2D eigenvalue weighted by Gasteiger charge is 2.26. The Morgan fingerprint density at radius 2 is 1.91 bits per heavy atom. The van der Waals surface area contributed by atoms with Gasteiger partial charge in [0.05, 0.1) is 23.4 Å². The average Bonchev–Trinajstić information content (AvgIpc) is 2.76. The molecule has 0 amide bonds. The number of methoxy groups -OCH3 is 1. The van der Waals surface area contributed by atoms with Crippen LogP contribution in [0.25, 0.3) is 0 Å². The number of benzene rings is 2. The maximum absolute atomic E-state index is 9.66. The number of hydrogen-bond acceptors (Lipinski definition) is 8. The fraction of sp³-hybridized carbons (Fsp3) is 0.261. The number of nitriles is 1. The fourth-order valence-electron chi connectivity index (χ4n) is 3.26. The molecule has 0 aliphatic heterocycles. The van der Waals surface area contributed by atoms with Crippen LogP contribution in [0.15, 0.2) is 48.7 Å². The van der Waals surface area contributed by atoms with Gasteiger partial charge in [0.25, 0.3) is 5.95 Å². The van der Waals surface area contributed by atoms with Crippen molar-refractivity contribution in [3.8, 4) is 17.6 Å². The summed E-state index contributed by atoms with van der Waals surface area (Å²) in [6.07, 6.45) is 1.57. The molecule has 0 saturated carbocycles. The topological polar surface area (TPSA) is 100 Å². The molecule has 0 aliphatic rings. The monoisotopic (exact) mass is 486 g/mol. The van der Waals surface area contributed by atoms with E-state index < -0.39 is 9.58 Å². The molecule has 1 unspecified atom stereocenters. The molecule has 2 N–H and O–H groups in total. The number of nitrogens with zero attached hydrogens (tertiary/aromatic N) is 4. The van der Waals surface area contributed by atoms with E-state index in [1.807, 2.05) is 30.3 Å². The number of anilines is 1. The van der Waals surface area contributed by atoms with E-state index in [2.05, 4.69) is 48.1 Å². The van der Waals surface area contributed by atoms with Gasteiger partial charge in [0.1, 0.15) is 38.3 Å². The first-order chi connectivity index (χ1) is 15.5. The lowest BCUT2D eigenvalue weighted by molar-refractivity contribution is -0.955. The Hall–Kier alpha value is -3.03. The molecule has 172 valence electrons. The number of nitrogens with one attached hydrogen (secondary N) is 1. The highest BCUT2D eigenvalue weighted by Crippen LogP contribution is 2.38. The van der Waals surface area contributed by atoms with E-state index in [4.69, 9.17) is 21.1 Å². The Balaban J connectivity index is 1.75. The molecule has 3 rings (SSSR count). The maximum Gasteiger partial charge on any atom is 0.273 e. The van der Waals surface area contributed by atoms with Crippen LogP contribution < -0.4 is 14.9 Å². The Labute approximate surface area is 203 Å². The molecule has 0 saturated heterocycles. The summed E-state index contributed by atoms with van der Waals surface area (Å²) in [5.41, 5.74) is 5.17. The second-order valence-corrected chi connectivity index (χ2v) is 9.17. The normalized spacial score (nSPS) is 13.0. The van der Waals surface area contributed by atoms with Gasteiger partial charge in [0, 0.05) is 11.6 Å². The van der Waals surface area contributed by atoms with Crippen LogP contribution in [-0.4, -0.2) is 33.5 Å². The van der Waals surface area contributed by atoms with Crippen LogP contribution in [-0.2, 0) is 12.0 Å². The van der Waals surface area contributed by atoms with Crippen molar-refractivity contribution in [2.75, 3.05) is 19.6 Å². The SMILES string of the molecule is COc1c(Cl)cc(C(C)(C)c2ccc(OCc3ccnc(N[N+](C)(O)S)n3)cc2)cc1C#N. The molecule has 2 aromatic carbocycles. The second-order valence-electron chi connectivity index (χ2n) is 7.99. The van der Waals surface area contributed by atoms with Crippen LogP contribution >= 0.6 is 24.4 Å². The van der Waals surface area contributed by atoms with Gasteiger partial charge >= 0.3 is 0 Å². The van der Waals surface area contributed by atoms with Gasteiger partial charge in [-0.15, -0.1) is 0 Å². The fourth-order valence-corrected chi connectivity index (χ4v) is 3.64. The first-order valence-electron chi connectivity index (χ1n) is 9.97. The number of hydrogen-bond donors (Lipinski definition) is 3. The van der Waals surface area contributed by atoms with E-state index >= 15 is 0 Å². The molecule has 0 spiro atoms. The highest BCUT2D eigenvalue weighted by atomic mass is 35.5. The van der Waals surface area contributed by atoms with Crippen molar-refractivity contribution in [3.63, 3.8) is 0 Å². The van der Waals surface area contributed by atoms with Crippen LogP contribution in [0.1, 0.15) is 36.2 Å². The molecule has 8 nitrogen and oxygen atoms in total. The van der Waals surface area contributed by atoms with Gasteiger partial charge in [-0.2, -0.15) is 15.9 Å². The summed E-state index contributed by atoms with van der Waals surface area (Å²) in [6, 6.07) is 15.2. The van der Waals surface area contributed by atoms with Gasteiger partial charge in [-0.1, -0.05) is 37.6 Å². The van der Waals surface area contributed by atoms with Crippen molar-refractivity contribution < 1.29 is 18.8 Å². The maximum atomic E-state index is 9.66. The molecule has 1 heterocycles. The second kappa shape index (κ2) is 9.85. The van der Waals surface area contributed by atoms with Gasteiger partial charge in [0.2, 0.25) is 0 Å². The van der Waals surface area contributed by atoms with Gasteiger partial charge in [-0.05, 0) is 45.6 Å². The summed E-state index contributed by atoms with van der Waals surface area (Å²) in [7, 11) is 2.91. The molecular weight excluding hydrogens is 462 g/mol. The smallest absolute Gasteiger partial charge is 0.273 e. The van der Waals surface area contributed by atoms with Crippen molar-refractivity contribution in [1.82, 2.24) is 9.97 Å². The summed E-state index contributed by atoms with van der Waals surface area (Å²) in [6.45, 7) is 4.35. The van der Waals surface area contributed by atoms with Crippen LogP contribution in [0.4, 0.5) is 5.95 Å². The van der Waals surface area contributed by atoms with Crippen molar-refractivity contribution in [1.29, 1.82) is 5.26 Å². The zero-order valence-corrected chi connectivity index (χ0v) is 20.4. The Morgan fingerprint density at radius 3 is 2.52 bits per heavy atom. The molecule has 1 atom stereocenters. The van der Waals surface area contributed by atoms with Crippen molar-refractivity contribution in [3.05, 3.63) is 76.1 Å². The third kappa shape index (κ3) is 6.06. The molecule has 0 fully saturated rings. The third-order valence-corrected chi connectivity index (χ3v) is 5.46. The summed E-state index contributed by atoms with van der Waals surface area (Å²) >= 11 is 10.3.